The SMILES string of the molecule is CCCCC(CC)CNc1cccc(I)c1. The lowest BCUT2D eigenvalue weighted by atomic mass is 9.99. The molecule has 0 aliphatic heterocycles. The summed E-state index contributed by atoms with van der Waals surface area (Å²) in [6, 6.07) is 8.58. The van der Waals surface area contributed by atoms with Gasteiger partial charge in [0.05, 0.1) is 0 Å². The highest BCUT2D eigenvalue weighted by molar-refractivity contribution is 14.1. The van der Waals surface area contributed by atoms with Gasteiger partial charge in [0.15, 0.2) is 0 Å². The average molecular weight is 331 g/mol. The Morgan fingerprint density at radius 1 is 1.31 bits per heavy atom. The van der Waals surface area contributed by atoms with Crippen molar-refractivity contribution in [3.05, 3.63) is 27.8 Å². The van der Waals surface area contributed by atoms with Crippen LogP contribution in [0.3, 0.4) is 0 Å². The van der Waals surface area contributed by atoms with E-state index in [0.717, 1.165) is 12.5 Å². The van der Waals surface area contributed by atoms with Crippen LogP contribution in [0.2, 0.25) is 0 Å². The van der Waals surface area contributed by atoms with Crippen LogP contribution in [0.1, 0.15) is 39.5 Å². The monoisotopic (exact) mass is 331 g/mol. The Kier molecular flexibility index (Phi) is 6.85. The van der Waals surface area contributed by atoms with Crippen LogP contribution in [0.5, 0.6) is 0 Å². The van der Waals surface area contributed by atoms with Crippen LogP contribution in [0.4, 0.5) is 5.69 Å². The molecule has 0 saturated carbocycles. The van der Waals surface area contributed by atoms with E-state index in [1.807, 2.05) is 0 Å². The number of anilines is 1. The largest absolute Gasteiger partial charge is 0.385 e. The number of benzene rings is 1. The third-order valence-corrected chi connectivity index (χ3v) is 3.63. The summed E-state index contributed by atoms with van der Waals surface area (Å²) in [5.41, 5.74) is 1.25. The highest BCUT2D eigenvalue weighted by Crippen LogP contribution is 2.16. The second-order valence-electron chi connectivity index (χ2n) is 4.31. The quantitative estimate of drug-likeness (QED) is 0.699. The fraction of sp³-hybridized carbons (Fsp3) is 0.571. The minimum absolute atomic E-state index is 0.817. The van der Waals surface area contributed by atoms with Crippen molar-refractivity contribution in [3.63, 3.8) is 0 Å². The van der Waals surface area contributed by atoms with E-state index < -0.39 is 0 Å². The van der Waals surface area contributed by atoms with E-state index in [-0.39, 0.29) is 0 Å². The molecule has 0 aliphatic carbocycles. The first-order valence-corrected chi connectivity index (χ1v) is 7.33. The summed E-state index contributed by atoms with van der Waals surface area (Å²) < 4.78 is 1.30. The van der Waals surface area contributed by atoms with Crippen molar-refractivity contribution >= 4 is 28.3 Å². The van der Waals surface area contributed by atoms with Crippen molar-refractivity contribution in [2.24, 2.45) is 5.92 Å². The summed E-state index contributed by atoms with van der Waals surface area (Å²) in [7, 11) is 0. The lowest BCUT2D eigenvalue weighted by Crippen LogP contribution is -2.13. The van der Waals surface area contributed by atoms with Crippen molar-refractivity contribution in [3.8, 4) is 0 Å². The lowest BCUT2D eigenvalue weighted by molar-refractivity contribution is 0.473. The summed E-state index contributed by atoms with van der Waals surface area (Å²) in [6.07, 6.45) is 5.28. The number of hydrogen-bond donors (Lipinski definition) is 1. The van der Waals surface area contributed by atoms with Gasteiger partial charge in [0.2, 0.25) is 0 Å². The Hall–Kier alpha value is -0.250. The lowest BCUT2D eigenvalue weighted by Gasteiger charge is -2.16. The molecule has 1 rings (SSSR count). The van der Waals surface area contributed by atoms with Gasteiger partial charge in [0.25, 0.3) is 0 Å². The van der Waals surface area contributed by atoms with Gasteiger partial charge in [-0.05, 0) is 53.1 Å². The average Bonchev–Trinajstić information content (AvgIpc) is 2.29. The van der Waals surface area contributed by atoms with Crippen molar-refractivity contribution in [2.45, 2.75) is 39.5 Å². The Labute approximate surface area is 113 Å². The number of rotatable bonds is 7. The molecule has 1 atom stereocenters. The standard InChI is InChI=1S/C14H22IN/c1-3-5-7-12(4-2)11-16-14-9-6-8-13(15)10-14/h6,8-10,12,16H,3-5,7,11H2,1-2H3. The van der Waals surface area contributed by atoms with Gasteiger partial charge < -0.3 is 5.32 Å². The van der Waals surface area contributed by atoms with Gasteiger partial charge in [-0.15, -0.1) is 0 Å². The zero-order valence-corrected chi connectivity index (χ0v) is 12.5. The van der Waals surface area contributed by atoms with Crippen LogP contribution in [-0.2, 0) is 0 Å². The fourth-order valence-electron chi connectivity index (χ4n) is 1.80. The van der Waals surface area contributed by atoms with Gasteiger partial charge in [0, 0.05) is 15.8 Å². The van der Waals surface area contributed by atoms with Crippen molar-refractivity contribution in [1.82, 2.24) is 0 Å². The fourth-order valence-corrected chi connectivity index (χ4v) is 2.35. The third-order valence-electron chi connectivity index (χ3n) is 2.96. The van der Waals surface area contributed by atoms with Crippen molar-refractivity contribution < 1.29 is 0 Å². The summed E-state index contributed by atoms with van der Waals surface area (Å²) in [5.74, 6) is 0.817. The molecule has 0 spiro atoms. The summed E-state index contributed by atoms with van der Waals surface area (Å²) in [5, 5.41) is 3.54. The van der Waals surface area contributed by atoms with Crippen LogP contribution in [0.15, 0.2) is 24.3 Å². The molecule has 16 heavy (non-hydrogen) atoms. The van der Waals surface area contributed by atoms with E-state index in [1.165, 1.54) is 34.9 Å². The molecule has 1 aromatic rings. The normalized spacial score (nSPS) is 12.4. The van der Waals surface area contributed by atoms with Crippen LogP contribution >= 0.6 is 22.6 Å². The maximum absolute atomic E-state index is 3.54. The van der Waals surface area contributed by atoms with Crippen LogP contribution < -0.4 is 5.32 Å². The van der Waals surface area contributed by atoms with Crippen LogP contribution in [0, 0.1) is 9.49 Å². The Bertz CT molecular complexity index is 299. The van der Waals surface area contributed by atoms with E-state index in [0.29, 0.717) is 0 Å². The molecular weight excluding hydrogens is 309 g/mol. The molecule has 1 unspecified atom stereocenters. The predicted octanol–water partition coefficient (Wildman–Crippen LogP) is 4.92. The zero-order valence-electron chi connectivity index (χ0n) is 10.3. The van der Waals surface area contributed by atoms with E-state index in [1.54, 1.807) is 0 Å². The van der Waals surface area contributed by atoms with Crippen LogP contribution in [0.25, 0.3) is 0 Å². The molecule has 90 valence electrons. The Morgan fingerprint density at radius 2 is 2.12 bits per heavy atom. The third kappa shape index (κ3) is 5.19. The molecular formula is C14H22IN. The Morgan fingerprint density at radius 3 is 2.75 bits per heavy atom. The van der Waals surface area contributed by atoms with Gasteiger partial charge in [-0.3, -0.25) is 0 Å². The molecule has 1 aromatic carbocycles. The molecule has 0 aromatic heterocycles. The zero-order chi connectivity index (χ0) is 11.8. The molecule has 0 fully saturated rings. The molecule has 0 saturated heterocycles. The Balaban J connectivity index is 2.37. The van der Waals surface area contributed by atoms with E-state index in [9.17, 15) is 0 Å². The first-order chi connectivity index (χ1) is 7.76. The maximum Gasteiger partial charge on any atom is 0.0350 e. The van der Waals surface area contributed by atoms with E-state index >= 15 is 0 Å². The van der Waals surface area contributed by atoms with Crippen LogP contribution in [-0.4, -0.2) is 6.54 Å². The number of hydrogen-bond acceptors (Lipinski definition) is 1. The summed E-state index contributed by atoms with van der Waals surface area (Å²) in [4.78, 5) is 0. The minimum Gasteiger partial charge on any atom is -0.385 e. The number of unbranched alkanes of at least 4 members (excludes halogenated alkanes) is 1. The minimum atomic E-state index is 0.817. The number of halogens is 1. The van der Waals surface area contributed by atoms with Gasteiger partial charge >= 0.3 is 0 Å². The summed E-state index contributed by atoms with van der Waals surface area (Å²) in [6.45, 7) is 5.66. The van der Waals surface area contributed by atoms with Gasteiger partial charge in [0.1, 0.15) is 0 Å². The van der Waals surface area contributed by atoms with Crippen molar-refractivity contribution in [2.75, 3.05) is 11.9 Å². The highest BCUT2D eigenvalue weighted by Gasteiger charge is 2.05. The highest BCUT2D eigenvalue weighted by atomic mass is 127. The van der Waals surface area contributed by atoms with E-state index in [4.69, 9.17) is 0 Å². The second kappa shape index (κ2) is 7.93. The van der Waals surface area contributed by atoms with Gasteiger partial charge in [-0.1, -0.05) is 39.2 Å². The van der Waals surface area contributed by atoms with Gasteiger partial charge in [-0.25, -0.2) is 0 Å². The maximum atomic E-state index is 3.54. The predicted molar refractivity (Wildman–Crippen MR) is 81.0 cm³/mol. The topological polar surface area (TPSA) is 12.0 Å². The van der Waals surface area contributed by atoms with E-state index in [2.05, 4.69) is 66.0 Å². The molecule has 1 N–H and O–H groups in total. The molecule has 1 nitrogen and oxygen atoms in total. The van der Waals surface area contributed by atoms with Crippen molar-refractivity contribution in [1.29, 1.82) is 0 Å². The van der Waals surface area contributed by atoms with Gasteiger partial charge in [-0.2, -0.15) is 0 Å². The molecule has 2 heteroatoms. The molecule has 0 heterocycles. The molecule has 0 bridgehead atoms. The molecule has 0 radical (unpaired) electrons. The summed E-state index contributed by atoms with van der Waals surface area (Å²) >= 11 is 2.35. The number of nitrogens with one attached hydrogen (secondary N) is 1. The first-order valence-electron chi connectivity index (χ1n) is 6.25. The molecule has 0 aliphatic rings. The second-order valence-corrected chi connectivity index (χ2v) is 5.55. The smallest absolute Gasteiger partial charge is 0.0350 e. The molecule has 0 amide bonds. The first kappa shape index (κ1) is 13.8.